The molecule has 0 fully saturated rings. The number of benzene rings is 3. The van der Waals surface area contributed by atoms with Crippen molar-refractivity contribution in [3.63, 3.8) is 0 Å². The first kappa shape index (κ1) is 19.2. The molecule has 0 aromatic heterocycles. The van der Waals surface area contributed by atoms with E-state index in [1.54, 1.807) is 48.5 Å². The second-order valence-corrected chi connectivity index (χ2v) is 6.18. The van der Waals surface area contributed by atoms with E-state index < -0.39 is 0 Å². The van der Waals surface area contributed by atoms with Crippen LogP contribution in [0.4, 0.5) is 5.69 Å². The lowest BCUT2D eigenvalue weighted by atomic mass is 10.1. The Morgan fingerprint density at radius 3 is 2.07 bits per heavy atom. The maximum Gasteiger partial charge on any atom is 0.262 e. The van der Waals surface area contributed by atoms with Gasteiger partial charge < -0.3 is 14.8 Å². The van der Waals surface area contributed by atoms with E-state index in [9.17, 15) is 9.59 Å². The lowest BCUT2D eigenvalue weighted by molar-refractivity contribution is -0.118. The molecular weight excluding hydrogens is 354 g/mol. The van der Waals surface area contributed by atoms with E-state index in [0.717, 1.165) is 11.3 Å². The van der Waals surface area contributed by atoms with Crippen molar-refractivity contribution in [1.29, 1.82) is 0 Å². The van der Waals surface area contributed by atoms with Gasteiger partial charge in [0.25, 0.3) is 5.91 Å². The van der Waals surface area contributed by atoms with Crippen LogP contribution in [-0.4, -0.2) is 18.3 Å². The van der Waals surface area contributed by atoms with Gasteiger partial charge in [0, 0.05) is 5.56 Å². The molecular formula is C23H21NO4. The van der Waals surface area contributed by atoms with E-state index in [1.165, 1.54) is 6.92 Å². The van der Waals surface area contributed by atoms with Crippen LogP contribution in [0.5, 0.6) is 11.5 Å². The molecule has 0 aliphatic rings. The summed E-state index contributed by atoms with van der Waals surface area (Å²) in [4.78, 5) is 23.7. The quantitative estimate of drug-likeness (QED) is 0.590. The second kappa shape index (κ2) is 9.37. The number of ketones is 1. The van der Waals surface area contributed by atoms with Gasteiger partial charge in [-0.15, -0.1) is 0 Å². The highest BCUT2D eigenvalue weighted by molar-refractivity contribution is 6.03. The molecule has 3 aromatic carbocycles. The van der Waals surface area contributed by atoms with E-state index in [0.29, 0.717) is 23.6 Å². The fraction of sp³-hybridized carbons (Fsp3) is 0.130. The van der Waals surface area contributed by atoms with Gasteiger partial charge in [0.2, 0.25) is 0 Å². The van der Waals surface area contributed by atoms with Crippen LogP contribution >= 0.6 is 0 Å². The zero-order valence-electron chi connectivity index (χ0n) is 15.6. The van der Waals surface area contributed by atoms with Crippen LogP contribution in [0.25, 0.3) is 0 Å². The Bertz CT molecular complexity index is 936. The van der Waals surface area contributed by atoms with E-state index in [1.807, 2.05) is 30.3 Å². The predicted molar refractivity (Wildman–Crippen MR) is 108 cm³/mol. The van der Waals surface area contributed by atoms with E-state index in [-0.39, 0.29) is 18.3 Å². The minimum atomic E-state index is -0.335. The van der Waals surface area contributed by atoms with Gasteiger partial charge in [-0.2, -0.15) is 0 Å². The van der Waals surface area contributed by atoms with Gasteiger partial charge in [-0.1, -0.05) is 42.5 Å². The molecule has 28 heavy (non-hydrogen) atoms. The van der Waals surface area contributed by atoms with E-state index in [2.05, 4.69) is 5.32 Å². The summed E-state index contributed by atoms with van der Waals surface area (Å²) in [6, 6.07) is 23.9. The van der Waals surface area contributed by atoms with Crippen LogP contribution < -0.4 is 14.8 Å². The Morgan fingerprint density at radius 2 is 1.39 bits per heavy atom. The summed E-state index contributed by atoms with van der Waals surface area (Å²) in [6.45, 7) is 1.79. The highest BCUT2D eigenvalue weighted by atomic mass is 16.5. The second-order valence-electron chi connectivity index (χ2n) is 6.18. The number of nitrogens with one attached hydrogen (secondary N) is 1. The Kier molecular flexibility index (Phi) is 6.41. The van der Waals surface area contributed by atoms with Gasteiger partial charge in [-0.25, -0.2) is 0 Å². The third-order valence-corrected chi connectivity index (χ3v) is 4.02. The number of carbonyl (C=O) groups excluding carboxylic acids is 2. The summed E-state index contributed by atoms with van der Waals surface area (Å²) in [5.41, 5.74) is 2.04. The number of hydrogen-bond donors (Lipinski definition) is 1. The molecule has 3 rings (SSSR count). The first-order valence-electron chi connectivity index (χ1n) is 8.91. The summed E-state index contributed by atoms with van der Waals surface area (Å²) in [5.74, 6) is 0.833. The van der Waals surface area contributed by atoms with Crippen molar-refractivity contribution >= 4 is 17.4 Å². The number of anilines is 1. The molecule has 1 amide bonds. The third kappa shape index (κ3) is 5.45. The summed E-state index contributed by atoms with van der Waals surface area (Å²) >= 11 is 0. The molecule has 0 saturated heterocycles. The Labute approximate surface area is 163 Å². The number of rotatable bonds is 8. The highest BCUT2D eigenvalue weighted by Crippen LogP contribution is 2.19. The van der Waals surface area contributed by atoms with Gasteiger partial charge in [-0.3, -0.25) is 9.59 Å². The van der Waals surface area contributed by atoms with Gasteiger partial charge in [0.15, 0.2) is 12.4 Å². The lowest BCUT2D eigenvalue weighted by Crippen LogP contribution is -2.21. The van der Waals surface area contributed by atoms with E-state index >= 15 is 0 Å². The summed E-state index contributed by atoms with van der Waals surface area (Å²) in [5, 5.41) is 2.70. The first-order valence-corrected chi connectivity index (χ1v) is 8.91. The maximum atomic E-state index is 12.1. The Hall–Kier alpha value is -3.60. The topological polar surface area (TPSA) is 64.6 Å². The molecule has 5 heteroatoms. The van der Waals surface area contributed by atoms with Crippen molar-refractivity contribution in [1.82, 2.24) is 0 Å². The van der Waals surface area contributed by atoms with Crippen LogP contribution in [0.15, 0.2) is 78.9 Å². The number of carbonyl (C=O) groups is 2. The summed E-state index contributed by atoms with van der Waals surface area (Å²) in [7, 11) is 0. The third-order valence-electron chi connectivity index (χ3n) is 4.02. The minimum absolute atomic E-state index is 0.108. The average molecular weight is 375 g/mol. The Morgan fingerprint density at radius 1 is 0.786 bits per heavy atom. The van der Waals surface area contributed by atoms with Crippen LogP contribution in [-0.2, 0) is 11.4 Å². The van der Waals surface area contributed by atoms with Crippen molar-refractivity contribution in [2.75, 3.05) is 11.9 Å². The molecule has 0 heterocycles. The standard InChI is InChI=1S/C23H21NO4/c1-17(25)21-9-5-6-10-22(21)24-23(26)16-28-20-13-11-19(12-14-20)27-15-18-7-3-2-4-8-18/h2-14H,15-16H2,1H3,(H,24,26). The smallest absolute Gasteiger partial charge is 0.262 e. The summed E-state index contributed by atoms with van der Waals surface area (Å²) < 4.78 is 11.2. The molecule has 0 aliphatic heterocycles. The molecule has 142 valence electrons. The zero-order chi connectivity index (χ0) is 19.8. The average Bonchev–Trinajstić information content (AvgIpc) is 2.72. The van der Waals surface area contributed by atoms with Crippen molar-refractivity contribution in [2.45, 2.75) is 13.5 Å². The maximum absolute atomic E-state index is 12.1. The fourth-order valence-corrected chi connectivity index (χ4v) is 2.61. The van der Waals surface area contributed by atoms with Crippen molar-refractivity contribution in [2.24, 2.45) is 0 Å². The fourth-order valence-electron chi connectivity index (χ4n) is 2.61. The number of amides is 1. The molecule has 1 N–H and O–H groups in total. The van der Waals surface area contributed by atoms with Crippen LogP contribution in [0.3, 0.4) is 0 Å². The normalized spacial score (nSPS) is 10.2. The highest BCUT2D eigenvalue weighted by Gasteiger charge is 2.10. The first-order chi connectivity index (χ1) is 13.6. The van der Waals surface area contributed by atoms with Crippen molar-refractivity contribution < 1.29 is 19.1 Å². The number of hydrogen-bond acceptors (Lipinski definition) is 4. The summed E-state index contributed by atoms with van der Waals surface area (Å²) in [6.07, 6.45) is 0. The van der Waals surface area contributed by atoms with Crippen LogP contribution in [0.1, 0.15) is 22.8 Å². The molecule has 5 nitrogen and oxygen atoms in total. The number of para-hydroxylation sites is 1. The van der Waals surface area contributed by atoms with Crippen molar-refractivity contribution in [3.05, 3.63) is 90.0 Å². The van der Waals surface area contributed by atoms with Gasteiger partial charge in [0.05, 0.1) is 5.69 Å². The SMILES string of the molecule is CC(=O)c1ccccc1NC(=O)COc1ccc(OCc2ccccc2)cc1. The van der Waals surface area contributed by atoms with Crippen LogP contribution in [0, 0.1) is 0 Å². The molecule has 0 spiro atoms. The van der Waals surface area contributed by atoms with Crippen molar-refractivity contribution in [3.8, 4) is 11.5 Å². The van der Waals surface area contributed by atoms with Gasteiger partial charge in [-0.05, 0) is 48.9 Å². The molecule has 0 atom stereocenters. The predicted octanol–water partition coefficient (Wildman–Crippen LogP) is 4.49. The monoisotopic (exact) mass is 375 g/mol. The van der Waals surface area contributed by atoms with Gasteiger partial charge >= 0.3 is 0 Å². The van der Waals surface area contributed by atoms with Crippen LogP contribution in [0.2, 0.25) is 0 Å². The molecule has 3 aromatic rings. The largest absolute Gasteiger partial charge is 0.489 e. The zero-order valence-corrected chi connectivity index (χ0v) is 15.6. The molecule has 0 saturated carbocycles. The molecule has 0 aliphatic carbocycles. The van der Waals surface area contributed by atoms with Gasteiger partial charge in [0.1, 0.15) is 18.1 Å². The van der Waals surface area contributed by atoms with E-state index in [4.69, 9.17) is 9.47 Å². The minimum Gasteiger partial charge on any atom is -0.489 e. The molecule has 0 bridgehead atoms. The molecule has 0 radical (unpaired) electrons. The lowest BCUT2D eigenvalue weighted by Gasteiger charge is -2.11. The number of Topliss-reactive ketones (excluding diaryl/α,β-unsaturated/α-hetero) is 1. The molecule has 0 unspecified atom stereocenters. The Balaban J connectivity index is 1.49. The number of ether oxygens (including phenoxy) is 2.